The molecule has 0 bridgehead atoms. The summed E-state index contributed by atoms with van der Waals surface area (Å²) in [6.45, 7) is -0.250. The van der Waals surface area contributed by atoms with Gasteiger partial charge in [0.2, 0.25) is 0 Å². The number of esters is 1. The second-order valence-electron chi connectivity index (χ2n) is 6.76. The predicted octanol–water partition coefficient (Wildman–Crippen LogP) is 1.53. The quantitative estimate of drug-likeness (QED) is 0.557. The van der Waals surface area contributed by atoms with Crippen LogP contribution in [0.2, 0.25) is 5.02 Å². The number of carbonyl (C=O) groups is 1. The van der Waals surface area contributed by atoms with Crippen molar-refractivity contribution in [2.45, 2.75) is 37.3 Å². The maximum Gasteiger partial charge on any atom is 0.338 e. The Bertz CT molecular complexity index is 844. The van der Waals surface area contributed by atoms with Crippen LogP contribution in [0.4, 0.5) is 0 Å². The highest BCUT2D eigenvalue weighted by molar-refractivity contribution is 6.31. The topological polar surface area (TPSA) is 115 Å². The predicted molar refractivity (Wildman–Crippen MR) is 106 cm³/mol. The molecule has 3 rings (SSSR count). The highest BCUT2D eigenvalue weighted by Crippen LogP contribution is 2.27. The lowest BCUT2D eigenvalue weighted by atomic mass is 9.99. The van der Waals surface area contributed by atoms with Crippen molar-refractivity contribution < 1.29 is 39.1 Å². The Labute approximate surface area is 178 Å². The summed E-state index contributed by atoms with van der Waals surface area (Å²) >= 11 is 6.11. The Morgan fingerprint density at radius 1 is 1.13 bits per heavy atom. The summed E-state index contributed by atoms with van der Waals surface area (Å²) in [5.41, 5.74) is 1.03. The van der Waals surface area contributed by atoms with Crippen LogP contribution in [-0.4, -0.2) is 65.7 Å². The monoisotopic (exact) mass is 438 g/mol. The fraction of sp³-hybridized carbons (Fsp3) is 0.381. The molecule has 1 saturated heterocycles. The Kier molecular flexibility index (Phi) is 7.65. The molecule has 0 aromatic heterocycles. The summed E-state index contributed by atoms with van der Waals surface area (Å²) in [6, 6.07) is 13.9. The number of rotatable bonds is 7. The van der Waals surface area contributed by atoms with Gasteiger partial charge in [-0.15, -0.1) is 0 Å². The SMILES string of the molecule is CO[C@H]1O[C@H](CO)[C@@H](O)[C@H](O)[C@H]1OC(=O)c1cc(Cl)cc(OCc2ccccc2)c1. The zero-order chi connectivity index (χ0) is 21.7. The van der Waals surface area contributed by atoms with Gasteiger partial charge < -0.3 is 34.3 Å². The lowest BCUT2D eigenvalue weighted by Gasteiger charge is -2.40. The van der Waals surface area contributed by atoms with Crippen molar-refractivity contribution in [3.8, 4) is 5.75 Å². The average Bonchev–Trinajstić information content (AvgIpc) is 2.76. The van der Waals surface area contributed by atoms with Crippen molar-refractivity contribution in [2.75, 3.05) is 13.7 Å². The van der Waals surface area contributed by atoms with Gasteiger partial charge in [0.05, 0.1) is 12.2 Å². The molecule has 2 aromatic carbocycles. The molecule has 2 aromatic rings. The zero-order valence-electron chi connectivity index (χ0n) is 16.2. The first kappa shape index (κ1) is 22.5. The van der Waals surface area contributed by atoms with Gasteiger partial charge in [-0.3, -0.25) is 0 Å². The molecule has 1 fully saturated rings. The molecule has 0 aliphatic carbocycles. The van der Waals surface area contributed by atoms with E-state index in [9.17, 15) is 20.1 Å². The molecule has 1 aliphatic rings. The van der Waals surface area contributed by atoms with Crippen LogP contribution in [0.5, 0.6) is 5.75 Å². The van der Waals surface area contributed by atoms with E-state index in [1.807, 2.05) is 30.3 Å². The number of methoxy groups -OCH3 is 1. The van der Waals surface area contributed by atoms with Crippen LogP contribution in [0.3, 0.4) is 0 Å². The van der Waals surface area contributed by atoms with Crippen LogP contribution >= 0.6 is 11.6 Å². The van der Waals surface area contributed by atoms with Crippen LogP contribution in [0.15, 0.2) is 48.5 Å². The van der Waals surface area contributed by atoms with E-state index in [4.69, 9.17) is 30.5 Å². The van der Waals surface area contributed by atoms with Crippen LogP contribution < -0.4 is 4.74 Å². The van der Waals surface area contributed by atoms with E-state index >= 15 is 0 Å². The number of carbonyl (C=O) groups excluding carboxylic acids is 1. The first-order valence-corrected chi connectivity index (χ1v) is 9.64. The standard InChI is InChI=1S/C21H23ClO8/c1-27-21-19(18(25)17(24)16(10-23)29-21)30-20(26)13-7-14(22)9-15(8-13)28-11-12-5-3-2-4-6-12/h2-9,16-19,21,23-25H,10-11H2,1H3/t16-,17-,18+,19-,21+/m1/s1. The number of hydrogen-bond acceptors (Lipinski definition) is 8. The van der Waals surface area contributed by atoms with Crippen molar-refractivity contribution in [3.05, 3.63) is 64.7 Å². The van der Waals surface area contributed by atoms with Crippen LogP contribution in [0.25, 0.3) is 0 Å². The van der Waals surface area contributed by atoms with Crippen molar-refractivity contribution in [1.29, 1.82) is 0 Å². The summed E-state index contributed by atoms with van der Waals surface area (Å²) in [6.07, 6.45) is -6.52. The first-order chi connectivity index (χ1) is 14.4. The van der Waals surface area contributed by atoms with Gasteiger partial charge in [0, 0.05) is 12.1 Å². The number of hydrogen-bond donors (Lipinski definition) is 3. The Balaban J connectivity index is 1.72. The number of aliphatic hydroxyl groups excluding tert-OH is 3. The highest BCUT2D eigenvalue weighted by atomic mass is 35.5. The number of ether oxygens (including phenoxy) is 4. The van der Waals surface area contributed by atoms with Crippen molar-refractivity contribution in [1.82, 2.24) is 0 Å². The summed E-state index contributed by atoms with van der Waals surface area (Å²) < 4.78 is 21.5. The molecular formula is C21H23ClO8. The van der Waals surface area contributed by atoms with E-state index in [2.05, 4.69) is 0 Å². The van der Waals surface area contributed by atoms with Gasteiger partial charge in [0.15, 0.2) is 12.4 Å². The molecule has 1 heterocycles. The second kappa shape index (κ2) is 10.2. The van der Waals surface area contributed by atoms with Gasteiger partial charge in [-0.1, -0.05) is 41.9 Å². The minimum atomic E-state index is -1.52. The molecule has 8 nitrogen and oxygen atoms in total. The molecule has 30 heavy (non-hydrogen) atoms. The van der Waals surface area contributed by atoms with Gasteiger partial charge in [-0.25, -0.2) is 4.79 Å². The van der Waals surface area contributed by atoms with E-state index in [0.717, 1.165) is 5.56 Å². The third kappa shape index (κ3) is 5.28. The fourth-order valence-corrected chi connectivity index (χ4v) is 3.29. The fourth-order valence-electron chi connectivity index (χ4n) is 3.07. The van der Waals surface area contributed by atoms with Gasteiger partial charge in [-0.05, 0) is 23.8 Å². The maximum absolute atomic E-state index is 12.7. The summed E-state index contributed by atoms with van der Waals surface area (Å²) in [7, 11) is 1.29. The molecule has 0 saturated carbocycles. The summed E-state index contributed by atoms with van der Waals surface area (Å²) in [5.74, 6) is -0.450. The maximum atomic E-state index is 12.7. The number of halogens is 1. The molecule has 5 atom stereocenters. The molecule has 0 spiro atoms. The van der Waals surface area contributed by atoms with Crippen LogP contribution in [0.1, 0.15) is 15.9 Å². The molecule has 3 N–H and O–H groups in total. The lowest BCUT2D eigenvalue weighted by molar-refractivity contribution is -0.293. The molecule has 1 aliphatic heterocycles. The van der Waals surface area contributed by atoms with Crippen molar-refractivity contribution >= 4 is 17.6 Å². The lowest BCUT2D eigenvalue weighted by Crippen LogP contribution is -2.60. The van der Waals surface area contributed by atoms with E-state index in [1.165, 1.54) is 19.2 Å². The largest absolute Gasteiger partial charge is 0.489 e. The minimum absolute atomic E-state index is 0.0892. The smallest absolute Gasteiger partial charge is 0.338 e. The second-order valence-corrected chi connectivity index (χ2v) is 7.20. The highest BCUT2D eigenvalue weighted by Gasteiger charge is 2.46. The molecule has 0 radical (unpaired) electrons. The van der Waals surface area contributed by atoms with Crippen LogP contribution in [0, 0.1) is 0 Å². The molecule has 162 valence electrons. The van der Waals surface area contributed by atoms with Gasteiger partial charge in [0.1, 0.15) is 30.7 Å². The van der Waals surface area contributed by atoms with Gasteiger partial charge in [0.25, 0.3) is 0 Å². The van der Waals surface area contributed by atoms with E-state index in [1.54, 1.807) is 6.07 Å². The van der Waals surface area contributed by atoms with E-state index in [0.29, 0.717) is 5.75 Å². The number of benzene rings is 2. The van der Waals surface area contributed by atoms with E-state index < -0.39 is 43.3 Å². The third-order valence-electron chi connectivity index (χ3n) is 4.66. The molecule has 0 amide bonds. The molecule has 0 unspecified atom stereocenters. The minimum Gasteiger partial charge on any atom is -0.489 e. The van der Waals surface area contributed by atoms with Crippen LogP contribution in [-0.2, 0) is 20.8 Å². The summed E-state index contributed by atoms with van der Waals surface area (Å²) in [4.78, 5) is 12.7. The van der Waals surface area contributed by atoms with Gasteiger partial charge in [-0.2, -0.15) is 0 Å². The first-order valence-electron chi connectivity index (χ1n) is 9.26. The zero-order valence-corrected chi connectivity index (χ0v) is 16.9. The van der Waals surface area contributed by atoms with Crippen molar-refractivity contribution in [2.24, 2.45) is 0 Å². The number of aliphatic hydroxyl groups is 3. The Morgan fingerprint density at radius 3 is 2.53 bits per heavy atom. The van der Waals surface area contributed by atoms with Gasteiger partial charge >= 0.3 is 5.97 Å². The Morgan fingerprint density at radius 2 is 1.87 bits per heavy atom. The normalized spacial score (nSPS) is 26.2. The molecule has 9 heteroatoms. The third-order valence-corrected chi connectivity index (χ3v) is 4.87. The average molecular weight is 439 g/mol. The summed E-state index contributed by atoms with van der Waals surface area (Å²) in [5, 5.41) is 29.9. The Hall–Kier alpha value is -2.20. The van der Waals surface area contributed by atoms with Crippen molar-refractivity contribution in [3.63, 3.8) is 0 Å². The molecular weight excluding hydrogens is 416 g/mol. The van der Waals surface area contributed by atoms with E-state index in [-0.39, 0.29) is 17.2 Å².